The summed E-state index contributed by atoms with van der Waals surface area (Å²) in [6.45, 7) is 0.851. The zero-order chi connectivity index (χ0) is 23.7. The molecule has 0 saturated carbocycles. The monoisotopic (exact) mass is 461 g/mol. The highest BCUT2D eigenvalue weighted by molar-refractivity contribution is 5.72. The molecule has 0 amide bonds. The Kier molecular flexibility index (Phi) is 8.26. The second-order valence-corrected chi connectivity index (χ2v) is 7.08. The van der Waals surface area contributed by atoms with E-state index in [1.54, 1.807) is 0 Å². The molecule has 1 heterocycles. The largest absolute Gasteiger partial charge is 0.479 e. The Balaban J connectivity index is 1.46. The van der Waals surface area contributed by atoms with E-state index >= 15 is 0 Å². The summed E-state index contributed by atoms with van der Waals surface area (Å²) in [6, 6.07) is 17.7. The van der Waals surface area contributed by atoms with E-state index in [0.717, 1.165) is 17.7 Å². The van der Waals surface area contributed by atoms with Crippen LogP contribution in [-0.4, -0.2) is 28.8 Å². The van der Waals surface area contributed by atoms with Crippen molar-refractivity contribution in [1.29, 1.82) is 0 Å². The Morgan fingerprint density at radius 1 is 0.970 bits per heavy atom. The third-order valence-electron chi connectivity index (χ3n) is 4.53. The van der Waals surface area contributed by atoms with Crippen molar-refractivity contribution in [2.45, 2.75) is 31.7 Å². The molecule has 1 atom stereocenters. The Morgan fingerprint density at radius 3 is 2.27 bits per heavy atom. The fraction of sp³-hybridized carbons (Fsp3) is 0.250. The van der Waals surface area contributed by atoms with Gasteiger partial charge in [0.05, 0.1) is 12.2 Å². The van der Waals surface area contributed by atoms with Crippen molar-refractivity contribution in [1.82, 2.24) is 4.98 Å². The van der Waals surface area contributed by atoms with Gasteiger partial charge in [0.15, 0.2) is 6.10 Å². The minimum atomic E-state index is -4.47. The van der Waals surface area contributed by atoms with E-state index in [2.05, 4.69) is 4.98 Å². The molecular formula is C24H22F3NO5. The normalized spacial score (nSPS) is 12.2. The molecule has 0 radical (unpaired) electrons. The van der Waals surface area contributed by atoms with Crippen LogP contribution < -0.4 is 9.47 Å². The Bertz CT molecular complexity index is 1010. The number of benzene rings is 2. The molecule has 174 valence electrons. The molecule has 0 aliphatic carbocycles. The van der Waals surface area contributed by atoms with Crippen molar-refractivity contribution >= 4 is 5.97 Å². The van der Waals surface area contributed by atoms with E-state index in [0.29, 0.717) is 37.3 Å². The lowest BCUT2D eigenvalue weighted by Crippen LogP contribution is -2.27. The molecule has 2 aromatic carbocycles. The lowest BCUT2D eigenvalue weighted by Gasteiger charge is -2.15. The van der Waals surface area contributed by atoms with E-state index in [9.17, 15) is 23.1 Å². The minimum Gasteiger partial charge on any atom is -0.479 e. The number of alkyl halides is 3. The number of aromatic nitrogens is 1. The maximum absolute atomic E-state index is 12.6. The Morgan fingerprint density at radius 2 is 1.67 bits per heavy atom. The second-order valence-electron chi connectivity index (χ2n) is 7.08. The average molecular weight is 461 g/mol. The highest BCUT2D eigenvalue weighted by atomic mass is 19.4. The van der Waals surface area contributed by atoms with Crippen LogP contribution in [0.4, 0.5) is 13.2 Å². The number of ether oxygens (including phenoxy) is 3. The molecule has 9 heteroatoms. The molecule has 0 aliphatic rings. The van der Waals surface area contributed by atoms with Crippen molar-refractivity contribution in [2.24, 2.45) is 0 Å². The van der Waals surface area contributed by atoms with Gasteiger partial charge in [0.1, 0.15) is 11.5 Å². The van der Waals surface area contributed by atoms with E-state index < -0.39 is 23.8 Å². The number of carbonyl (C=O) groups is 1. The van der Waals surface area contributed by atoms with Crippen molar-refractivity contribution in [3.63, 3.8) is 0 Å². The van der Waals surface area contributed by atoms with Gasteiger partial charge in [-0.3, -0.25) is 0 Å². The third-order valence-corrected chi connectivity index (χ3v) is 4.53. The van der Waals surface area contributed by atoms with Crippen LogP contribution in [0.3, 0.4) is 0 Å². The van der Waals surface area contributed by atoms with Crippen LogP contribution in [0.15, 0.2) is 72.9 Å². The van der Waals surface area contributed by atoms with Crippen molar-refractivity contribution in [3.05, 3.63) is 84.1 Å². The molecule has 0 fully saturated rings. The zero-order valence-electron chi connectivity index (χ0n) is 17.5. The van der Waals surface area contributed by atoms with Gasteiger partial charge in [-0.15, -0.1) is 0 Å². The molecule has 0 saturated heterocycles. The maximum atomic E-state index is 12.6. The first-order chi connectivity index (χ1) is 15.8. The molecule has 0 bridgehead atoms. The van der Waals surface area contributed by atoms with Gasteiger partial charge in [0.25, 0.3) is 0 Å². The number of halogens is 3. The van der Waals surface area contributed by atoms with Crippen LogP contribution in [0.5, 0.6) is 17.4 Å². The van der Waals surface area contributed by atoms with Crippen molar-refractivity contribution < 1.29 is 37.3 Å². The van der Waals surface area contributed by atoms with E-state index in [1.165, 1.54) is 24.3 Å². The molecule has 3 rings (SSSR count). The standard InChI is InChI=1S/C24H22F3NO5/c25-24(26,27)18-8-13-22(28-15-18)33-20-11-9-19(10-12-20)32-21(23(29)30)7-4-14-31-16-17-5-2-1-3-6-17/h1-3,5-6,8-13,15,21H,4,7,14,16H2,(H,29,30). The van der Waals surface area contributed by atoms with Crippen LogP contribution in [0.2, 0.25) is 0 Å². The van der Waals surface area contributed by atoms with Gasteiger partial charge < -0.3 is 19.3 Å². The van der Waals surface area contributed by atoms with Crippen LogP contribution in [0.25, 0.3) is 0 Å². The van der Waals surface area contributed by atoms with Gasteiger partial charge in [0, 0.05) is 18.9 Å². The van der Waals surface area contributed by atoms with Crippen LogP contribution >= 0.6 is 0 Å². The van der Waals surface area contributed by atoms with Gasteiger partial charge >= 0.3 is 12.1 Å². The first kappa shape index (κ1) is 24.1. The predicted molar refractivity (Wildman–Crippen MR) is 113 cm³/mol. The molecular weight excluding hydrogens is 439 g/mol. The summed E-state index contributed by atoms with van der Waals surface area (Å²) in [4.78, 5) is 15.2. The number of carboxylic acid groups (broad SMARTS) is 1. The van der Waals surface area contributed by atoms with Crippen LogP contribution in [-0.2, 0) is 22.3 Å². The molecule has 0 aliphatic heterocycles. The molecule has 1 N–H and O–H groups in total. The van der Waals surface area contributed by atoms with Crippen molar-refractivity contribution in [3.8, 4) is 17.4 Å². The summed E-state index contributed by atoms with van der Waals surface area (Å²) in [5.41, 5.74) is 0.168. The molecule has 3 aromatic rings. The first-order valence-electron chi connectivity index (χ1n) is 10.1. The lowest BCUT2D eigenvalue weighted by molar-refractivity contribution is -0.145. The van der Waals surface area contributed by atoms with E-state index in [4.69, 9.17) is 14.2 Å². The van der Waals surface area contributed by atoms with Gasteiger partial charge in [-0.25, -0.2) is 9.78 Å². The van der Waals surface area contributed by atoms with Crippen LogP contribution in [0.1, 0.15) is 24.0 Å². The summed E-state index contributed by atoms with van der Waals surface area (Å²) in [5.74, 6) is -0.459. The summed E-state index contributed by atoms with van der Waals surface area (Å²) in [5, 5.41) is 9.42. The number of hydrogen-bond acceptors (Lipinski definition) is 5. The van der Waals surface area contributed by atoms with E-state index in [-0.39, 0.29) is 12.3 Å². The average Bonchev–Trinajstić information content (AvgIpc) is 2.79. The third kappa shape index (κ3) is 7.80. The number of rotatable bonds is 11. The number of pyridine rings is 1. The minimum absolute atomic E-state index is 0.00409. The zero-order valence-corrected chi connectivity index (χ0v) is 17.5. The number of nitrogens with zero attached hydrogens (tertiary/aromatic N) is 1. The Labute approximate surface area is 188 Å². The lowest BCUT2D eigenvalue weighted by atomic mass is 10.2. The Hall–Kier alpha value is -3.59. The van der Waals surface area contributed by atoms with Gasteiger partial charge in [0.2, 0.25) is 5.88 Å². The topological polar surface area (TPSA) is 77.9 Å². The molecule has 6 nitrogen and oxygen atoms in total. The van der Waals surface area contributed by atoms with Gasteiger partial charge in [-0.05, 0) is 48.7 Å². The van der Waals surface area contributed by atoms with Gasteiger partial charge in [-0.2, -0.15) is 13.2 Å². The predicted octanol–water partition coefficient (Wildman–Crippen LogP) is 5.72. The number of carboxylic acids is 1. The SMILES string of the molecule is O=C(O)C(CCCOCc1ccccc1)Oc1ccc(Oc2ccc(C(F)(F)F)cn2)cc1. The molecule has 33 heavy (non-hydrogen) atoms. The molecule has 0 spiro atoms. The molecule has 1 aromatic heterocycles. The smallest absolute Gasteiger partial charge is 0.417 e. The number of aliphatic carboxylic acids is 1. The highest BCUT2D eigenvalue weighted by Crippen LogP contribution is 2.30. The second kappa shape index (κ2) is 11.3. The summed E-state index contributed by atoms with van der Waals surface area (Å²) >= 11 is 0. The van der Waals surface area contributed by atoms with E-state index in [1.807, 2.05) is 30.3 Å². The summed E-state index contributed by atoms with van der Waals surface area (Å²) in [7, 11) is 0. The first-order valence-corrected chi connectivity index (χ1v) is 10.1. The van der Waals surface area contributed by atoms with Gasteiger partial charge in [-0.1, -0.05) is 30.3 Å². The van der Waals surface area contributed by atoms with Crippen LogP contribution in [0, 0.1) is 0 Å². The van der Waals surface area contributed by atoms with Crippen molar-refractivity contribution in [2.75, 3.05) is 6.61 Å². The molecule has 1 unspecified atom stereocenters. The fourth-order valence-electron chi connectivity index (χ4n) is 2.85. The summed E-state index contributed by atoms with van der Waals surface area (Å²) in [6.07, 6.45) is -4.07. The highest BCUT2D eigenvalue weighted by Gasteiger charge is 2.30. The maximum Gasteiger partial charge on any atom is 0.417 e. The fourth-order valence-corrected chi connectivity index (χ4v) is 2.85. The number of hydrogen-bond donors (Lipinski definition) is 1. The summed E-state index contributed by atoms with van der Waals surface area (Å²) < 4.78 is 54.3. The quantitative estimate of drug-likeness (QED) is 0.368.